The maximum absolute atomic E-state index is 3.60. The minimum atomic E-state index is 0.663. The van der Waals surface area contributed by atoms with Gasteiger partial charge in [-0.3, -0.25) is 0 Å². The summed E-state index contributed by atoms with van der Waals surface area (Å²) in [6, 6.07) is 0.663. The van der Waals surface area contributed by atoms with Crippen LogP contribution in [-0.2, 0) is 0 Å². The topological polar surface area (TPSA) is 12.0 Å². The lowest BCUT2D eigenvalue weighted by Crippen LogP contribution is -2.35. The SMILES string of the molecule is C/C(=C(/C)C1CCCCN1)C(C)C. The molecular formula is C12H23N. The first-order chi connectivity index (χ1) is 6.13. The average Bonchev–Trinajstić information content (AvgIpc) is 2.17. The zero-order valence-corrected chi connectivity index (χ0v) is 9.48. The standard InChI is InChI=1S/C12H23N/c1-9(2)10(3)11(4)12-7-5-6-8-13-12/h9,12-13H,5-8H2,1-4H3/b11-10+. The molecular weight excluding hydrogens is 158 g/mol. The Bertz CT molecular complexity index is 185. The largest absolute Gasteiger partial charge is 0.310 e. The van der Waals surface area contributed by atoms with E-state index in [0.29, 0.717) is 12.0 Å². The van der Waals surface area contributed by atoms with Gasteiger partial charge in [-0.25, -0.2) is 0 Å². The van der Waals surface area contributed by atoms with Crippen molar-refractivity contribution < 1.29 is 0 Å². The molecule has 1 N–H and O–H groups in total. The maximum Gasteiger partial charge on any atom is 0.0279 e. The van der Waals surface area contributed by atoms with Crippen LogP contribution in [0.3, 0.4) is 0 Å². The molecule has 1 saturated heterocycles. The van der Waals surface area contributed by atoms with Crippen LogP contribution in [0.5, 0.6) is 0 Å². The van der Waals surface area contributed by atoms with Gasteiger partial charge in [0.1, 0.15) is 0 Å². The van der Waals surface area contributed by atoms with E-state index in [1.54, 1.807) is 11.1 Å². The third-order valence-corrected chi connectivity index (χ3v) is 3.32. The Morgan fingerprint density at radius 3 is 2.38 bits per heavy atom. The van der Waals surface area contributed by atoms with Gasteiger partial charge < -0.3 is 5.32 Å². The Balaban J connectivity index is 2.63. The molecule has 0 bridgehead atoms. The first-order valence-electron chi connectivity index (χ1n) is 5.53. The molecule has 0 aromatic rings. The Kier molecular flexibility index (Phi) is 3.98. The summed E-state index contributed by atoms with van der Waals surface area (Å²) in [6.45, 7) is 10.3. The van der Waals surface area contributed by atoms with Gasteiger partial charge >= 0.3 is 0 Å². The highest BCUT2D eigenvalue weighted by atomic mass is 14.9. The molecule has 0 saturated carbocycles. The van der Waals surface area contributed by atoms with Gasteiger partial charge in [0, 0.05) is 6.04 Å². The van der Waals surface area contributed by atoms with Crippen molar-refractivity contribution >= 4 is 0 Å². The number of piperidine rings is 1. The lowest BCUT2D eigenvalue weighted by Gasteiger charge is -2.26. The zero-order chi connectivity index (χ0) is 9.84. The highest BCUT2D eigenvalue weighted by Crippen LogP contribution is 2.21. The van der Waals surface area contributed by atoms with Gasteiger partial charge in [-0.05, 0) is 39.2 Å². The van der Waals surface area contributed by atoms with Crippen molar-refractivity contribution in [3.05, 3.63) is 11.1 Å². The molecule has 1 atom stereocenters. The molecule has 1 heterocycles. The third kappa shape index (κ3) is 2.84. The predicted octanol–water partition coefficient (Wildman–Crippen LogP) is 3.12. The van der Waals surface area contributed by atoms with E-state index in [4.69, 9.17) is 0 Å². The van der Waals surface area contributed by atoms with E-state index >= 15 is 0 Å². The van der Waals surface area contributed by atoms with Gasteiger partial charge in [-0.1, -0.05) is 31.4 Å². The summed E-state index contributed by atoms with van der Waals surface area (Å²) in [5.74, 6) is 0.698. The number of nitrogens with one attached hydrogen (secondary N) is 1. The van der Waals surface area contributed by atoms with E-state index in [-0.39, 0.29) is 0 Å². The van der Waals surface area contributed by atoms with Crippen LogP contribution in [0.2, 0.25) is 0 Å². The molecule has 13 heavy (non-hydrogen) atoms. The van der Waals surface area contributed by atoms with E-state index < -0.39 is 0 Å². The minimum Gasteiger partial charge on any atom is -0.310 e. The second-order valence-corrected chi connectivity index (χ2v) is 4.52. The number of rotatable bonds is 2. The molecule has 0 aliphatic carbocycles. The quantitative estimate of drug-likeness (QED) is 0.645. The van der Waals surface area contributed by atoms with Crippen molar-refractivity contribution in [3.8, 4) is 0 Å². The van der Waals surface area contributed by atoms with E-state index in [1.165, 1.54) is 25.8 Å². The fraction of sp³-hybridized carbons (Fsp3) is 0.833. The van der Waals surface area contributed by atoms with Crippen LogP contribution in [0, 0.1) is 5.92 Å². The summed E-state index contributed by atoms with van der Waals surface area (Å²) in [6.07, 6.45) is 4.07. The Labute approximate surface area is 82.6 Å². The van der Waals surface area contributed by atoms with Crippen LogP contribution in [0.15, 0.2) is 11.1 Å². The lowest BCUT2D eigenvalue weighted by atomic mass is 9.91. The minimum absolute atomic E-state index is 0.663. The average molecular weight is 181 g/mol. The maximum atomic E-state index is 3.60. The van der Waals surface area contributed by atoms with E-state index in [0.717, 1.165) is 0 Å². The Hall–Kier alpha value is -0.300. The molecule has 1 heteroatoms. The second-order valence-electron chi connectivity index (χ2n) is 4.52. The molecule has 0 radical (unpaired) electrons. The lowest BCUT2D eigenvalue weighted by molar-refractivity contribution is 0.435. The van der Waals surface area contributed by atoms with Gasteiger partial charge in [0.15, 0.2) is 0 Å². The van der Waals surface area contributed by atoms with Crippen molar-refractivity contribution in [2.45, 2.75) is 53.0 Å². The van der Waals surface area contributed by atoms with E-state index in [2.05, 4.69) is 33.0 Å². The molecule has 76 valence electrons. The summed E-state index contributed by atoms with van der Waals surface area (Å²) < 4.78 is 0. The predicted molar refractivity (Wildman–Crippen MR) is 58.9 cm³/mol. The van der Waals surface area contributed by atoms with Crippen LogP contribution in [0.4, 0.5) is 0 Å². The number of allylic oxidation sites excluding steroid dienone is 1. The van der Waals surface area contributed by atoms with Gasteiger partial charge in [0.05, 0.1) is 0 Å². The van der Waals surface area contributed by atoms with E-state index in [1.807, 2.05) is 0 Å². The molecule has 1 nitrogen and oxygen atoms in total. The summed E-state index contributed by atoms with van der Waals surface area (Å²) in [5, 5.41) is 3.60. The monoisotopic (exact) mass is 181 g/mol. The molecule has 0 amide bonds. The normalized spacial score (nSPS) is 26.1. The van der Waals surface area contributed by atoms with Gasteiger partial charge in [-0.15, -0.1) is 0 Å². The second kappa shape index (κ2) is 4.80. The Morgan fingerprint density at radius 1 is 1.23 bits per heavy atom. The van der Waals surface area contributed by atoms with Crippen LogP contribution in [-0.4, -0.2) is 12.6 Å². The van der Waals surface area contributed by atoms with Crippen molar-refractivity contribution in [1.82, 2.24) is 5.32 Å². The smallest absolute Gasteiger partial charge is 0.0279 e. The van der Waals surface area contributed by atoms with Crippen molar-refractivity contribution in [3.63, 3.8) is 0 Å². The molecule has 1 unspecified atom stereocenters. The van der Waals surface area contributed by atoms with Gasteiger partial charge in [0.25, 0.3) is 0 Å². The van der Waals surface area contributed by atoms with E-state index in [9.17, 15) is 0 Å². The molecule has 0 spiro atoms. The van der Waals surface area contributed by atoms with Crippen LogP contribution >= 0.6 is 0 Å². The highest BCUT2D eigenvalue weighted by molar-refractivity contribution is 5.18. The molecule has 0 aromatic carbocycles. The molecule has 1 aliphatic heterocycles. The fourth-order valence-corrected chi connectivity index (χ4v) is 1.95. The molecule has 0 aromatic heterocycles. The van der Waals surface area contributed by atoms with Crippen LogP contribution < -0.4 is 5.32 Å². The van der Waals surface area contributed by atoms with Crippen molar-refractivity contribution in [2.24, 2.45) is 5.92 Å². The fourth-order valence-electron chi connectivity index (χ4n) is 1.95. The van der Waals surface area contributed by atoms with Gasteiger partial charge in [0.2, 0.25) is 0 Å². The third-order valence-electron chi connectivity index (χ3n) is 3.32. The molecule has 1 rings (SSSR count). The summed E-state index contributed by atoms with van der Waals surface area (Å²) in [4.78, 5) is 0. The van der Waals surface area contributed by atoms with Crippen LogP contribution in [0.1, 0.15) is 47.0 Å². The van der Waals surface area contributed by atoms with Crippen molar-refractivity contribution in [1.29, 1.82) is 0 Å². The van der Waals surface area contributed by atoms with Crippen molar-refractivity contribution in [2.75, 3.05) is 6.54 Å². The number of hydrogen-bond donors (Lipinski definition) is 1. The zero-order valence-electron chi connectivity index (χ0n) is 9.48. The number of hydrogen-bond acceptors (Lipinski definition) is 1. The van der Waals surface area contributed by atoms with Gasteiger partial charge in [-0.2, -0.15) is 0 Å². The summed E-state index contributed by atoms with van der Waals surface area (Å²) >= 11 is 0. The van der Waals surface area contributed by atoms with Crippen LogP contribution in [0.25, 0.3) is 0 Å². The molecule has 1 aliphatic rings. The first-order valence-corrected chi connectivity index (χ1v) is 5.53. The summed E-state index contributed by atoms with van der Waals surface area (Å²) in [7, 11) is 0. The first kappa shape index (κ1) is 10.8. The highest BCUT2D eigenvalue weighted by Gasteiger charge is 2.16. The molecule has 1 fully saturated rings. The summed E-state index contributed by atoms with van der Waals surface area (Å²) in [5.41, 5.74) is 3.15. The Morgan fingerprint density at radius 2 is 1.92 bits per heavy atom.